The molecule has 148 valence electrons. The smallest absolute Gasteiger partial charge is 0.163 e. The van der Waals surface area contributed by atoms with Crippen molar-refractivity contribution in [1.82, 2.24) is 4.90 Å². The molecule has 1 unspecified atom stereocenters. The number of alkyl halides is 1. The van der Waals surface area contributed by atoms with E-state index in [4.69, 9.17) is 9.47 Å². The number of fused-ring (bicyclic) bond motifs is 2. The Bertz CT molecular complexity index is 706. The molecule has 3 aliphatic rings. The molecule has 2 heterocycles. The minimum Gasteiger partial charge on any atom is -0.493 e. The molecule has 2 atom stereocenters. The number of halogens is 1. The van der Waals surface area contributed by atoms with E-state index in [0.29, 0.717) is 25.6 Å². The predicted octanol–water partition coefficient (Wildman–Crippen LogP) is 4.28. The summed E-state index contributed by atoms with van der Waals surface area (Å²) < 4.78 is 24.9. The molecule has 1 saturated heterocycles. The molecule has 0 amide bonds. The van der Waals surface area contributed by atoms with E-state index in [0.717, 1.165) is 31.0 Å². The molecule has 0 spiro atoms. The molecule has 1 aliphatic carbocycles. The summed E-state index contributed by atoms with van der Waals surface area (Å²) in [7, 11) is 3.89. The first kappa shape index (κ1) is 18.6. The average molecular weight is 375 g/mol. The first-order chi connectivity index (χ1) is 13.2. The van der Waals surface area contributed by atoms with Crippen LogP contribution in [0.5, 0.6) is 11.5 Å². The van der Waals surface area contributed by atoms with E-state index in [1.807, 2.05) is 0 Å². The van der Waals surface area contributed by atoms with Gasteiger partial charge < -0.3 is 19.3 Å². The van der Waals surface area contributed by atoms with Crippen molar-refractivity contribution in [1.29, 1.82) is 0 Å². The van der Waals surface area contributed by atoms with Crippen molar-refractivity contribution in [2.24, 2.45) is 0 Å². The predicted molar refractivity (Wildman–Crippen MR) is 108 cm³/mol. The molecule has 4 rings (SSSR count). The lowest BCUT2D eigenvalue weighted by molar-refractivity contribution is 0.242. The third-order valence-electron chi connectivity index (χ3n) is 6.21. The van der Waals surface area contributed by atoms with Gasteiger partial charge in [-0.25, -0.2) is 4.39 Å². The zero-order chi connectivity index (χ0) is 18.8. The van der Waals surface area contributed by atoms with Crippen molar-refractivity contribution in [3.05, 3.63) is 23.3 Å². The fourth-order valence-corrected chi connectivity index (χ4v) is 4.71. The van der Waals surface area contributed by atoms with Crippen molar-refractivity contribution in [2.75, 3.05) is 45.3 Å². The molecule has 1 saturated carbocycles. The number of benzene rings is 1. The number of ether oxygens (including phenoxy) is 2. The van der Waals surface area contributed by atoms with Gasteiger partial charge in [-0.3, -0.25) is 0 Å². The fraction of sp³-hybridized carbons (Fsp3) is 0.636. The second-order valence-electron chi connectivity index (χ2n) is 8.04. The molecule has 4 nitrogen and oxygen atoms in total. The number of likely N-dealkylation sites (tertiary alicyclic amines) is 1. The minimum absolute atomic E-state index is 0.524. The van der Waals surface area contributed by atoms with Gasteiger partial charge in [0.05, 0.1) is 19.8 Å². The molecular weight excluding hydrogens is 343 g/mol. The standard InChI is InChI=1S/C22H31FN2O2/c1-24-19-7-4-3-6-16(19)12-17-13-21(26-2)22(14-20(17)24)27-11-5-9-25-10-8-18(23)15-25/h12-14,18-19H,3-11,15H2,1-2H3/t18-,19?/m1/s1. The maximum absolute atomic E-state index is 13.3. The highest BCUT2D eigenvalue weighted by Crippen LogP contribution is 2.43. The maximum atomic E-state index is 13.3. The van der Waals surface area contributed by atoms with Crippen molar-refractivity contribution in [3.8, 4) is 11.5 Å². The van der Waals surface area contributed by atoms with Crippen LogP contribution in [-0.4, -0.2) is 57.5 Å². The van der Waals surface area contributed by atoms with Crippen LogP contribution >= 0.6 is 0 Å². The Labute approximate surface area is 161 Å². The van der Waals surface area contributed by atoms with E-state index in [1.54, 1.807) is 12.7 Å². The van der Waals surface area contributed by atoms with Gasteiger partial charge in [-0.15, -0.1) is 0 Å². The number of hydrogen-bond donors (Lipinski definition) is 0. The Morgan fingerprint density at radius 3 is 2.85 bits per heavy atom. The maximum Gasteiger partial charge on any atom is 0.163 e. The SMILES string of the molecule is COc1cc2c(cc1OCCCN1CC[C@@H](F)C1)N(C)C1CCCCC1=C2. The summed E-state index contributed by atoms with van der Waals surface area (Å²) >= 11 is 0. The summed E-state index contributed by atoms with van der Waals surface area (Å²) in [6, 6.07) is 4.76. The molecule has 0 radical (unpaired) electrons. The van der Waals surface area contributed by atoms with Gasteiger partial charge in [0.2, 0.25) is 0 Å². The number of likely N-dealkylation sites (N-methyl/N-ethyl adjacent to an activating group) is 1. The molecule has 2 fully saturated rings. The van der Waals surface area contributed by atoms with E-state index >= 15 is 0 Å². The van der Waals surface area contributed by atoms with Gasteiger partial charge in [-0.2, -0.15) is 0 Å². The van der Waals surface area contributed by atoms with Crippen LogP contribution in [0.4, 0.5) is 10.1 Å². The molecule has 2 aliphatic heterocycles. The van der Waals surface area contributed by atoms with Crippen LogP contribution < -0.4 is 14.4 Å². The highest BCUT2D eigenvalue weighted by atomic mass is 19.1. The summed E-state index contributed by atoms with van der Waals surface area (Å²) in [5, 5.41) is 0. The molecule has 27 heavy (non-hydrogen) atoms. The molecule has 1 aromatic carbocycles. The first-order valence-electron chi connectivity index (χ1n) is 10.3. The van der Waals surface area contributed by atoms with Gasteiger partial charge in [0, 0.05) is 44.0 Å². The van der Waals surface area contributed by atoms with Crippen LogP contribution in [0.2, 0.25) is 0 Å². The number of anilines is 1. The highest BCUT2D eigenvalue weighted by Gasteiger charge is 2.29. The third-order valence-corrected chi connectivity index (χ3v) is 6.21. The Morgan fingerprint density at radius 1 is 1.19 bits per heavy atom. The third kappa shape index (κ3) is 3.93. The summed E-state index contributed by atoms with van der Waals surface area (Å²) in [5.41, 5.74) is 3.99. The lowest BCUT2D eigenvalue weighted by atomic mass is 9.84. The molecule has 1 aromatic rings. The second kappa shape index (κ2) is 8.09. The second-order valence-corrected chi connectivity index (χ2v) is 8.04. The lowest BCUT2D eigenvalue weighted by Crippen LogP contribution is -2.37. The normalized spacial score (nSPS) is 25.0. The molecule has 5 heteroatoms. The molecule has 0 N–H and O–H groups in total. The van der Waals surface area contributed by atoms with Gasteiger partial charge in [0.1, 0.15) is 6.17 Å². The number of rotatable bonds is 6. The van der Waals surface area contributed by atoms with Crippen molar-refractivity contribution < 1.29 is 13.9 Å². The Kier molecular flexibility index (Phi) is 5.58. The molecular formula is C22H31FN2O2. The Morgan fingerprint density at radius 2 is 2.07 bits per heavy atom. The zero-order valence-corrected chi connectivity index (χ0v) is 16.5. The minimum atomic E-state index is -0.653. The van der Waals surface area contributed by atoms with Crippen molar-refractivity contribution >= 4 is 11.8 Å². The Balaban J connectivity index is 1.44. The summed E-state index contributed by atoms with van der Waals surface area (Å²) in [6.45, 7) is 2.95. The largest absolute Gasteiger partial charge is 0.493 e. The quantitative estimate of drug-likeness (QED) is 0.694. The summed E-state index contributed by atoms with van der Waals surface area (Å²) in [5.74, 6) is 1.60. The summed E-state index contributed by atoms with van der Waals surface area (Å²) in [6.07, 6.45) is 8.30. The van der Waals surface area contributed by atoms with Crippen molar-refractivity contribution in [2.45, 2.75) is 50.7 Å². The topological polar surface area (TPSA) is 24.9 Å². The summed E-state index contributed by atoms with van der Waals surface area (Å²) in [4.78, 5) is 4.59. The van der Waals surface area contributed by atoms with Crippen LogP contribution in [0.3, 0.4) is 0 Å². The van der Waals surface area contributed by atoms with E-state index in [-0.39, 0.29) is 0 Å². The molecule has 0 aromatic heterocycles. The van der Waals surface area contributed by atoms with Gasteiger partial charge in [-0.1, -0.05) is 12.5 Å². The van der Waals surface area contributed by atoms with E-state index in [1.165, 1.54) is 36.9 Å². The van der Waals surface area contributed by atoms with Gasteiger partial charge in [0.25, 0.3) is 0 Å². The van der Waals surface area contributed by atoms with Gasteiger partial charge in [-0.05, 0) is 43.7 Å². The van der Waals surface area contributed by atoms with Gasteiger partial charge >= 0.3 is 0 Å². The number of methoxy groups -OCH3 is 1. The van der Waals surface area contributed by atoms with E-state index in [9.17, 15) is 4.39 Å². The number of nitrogens with zero attached hydrogens (tertiary/aromatic N) is 2. The molecule has 0 bridgehead atoms. The first-order valence-corrected chi connectivity index (χ1v) is 10.3. The average Bonchev–Trinajstić information content (AvgIpc) is 3.10. The van der Waals surface area contributed by atoms with Crippen LogP contribution in [0.25, 0.3) is 6.08 Å². The van der Waals surface area contributed by atoms with E-state index in [2.05, 4.69) is 35.1 Å². The number of hydrogen-bond acceptors (Lipinski definition) is 4. The van der Waals surface area contributed by atoms with Gasteiger partial charge in [0.15, 0.2) is 11.5 Å². The highest BCUT2D eigenvalue weighted by molar-refractivity contribution is 5.77. The van der Waals surface area contributed by atoms with Crippen LogP contribution in [-0.2, 0) is 0 Å². The Hall–Kier alpha value is -1.75. The monoisotopic (exact) mass is 374 g/mol. The van der Waals surface area contributed by atoms with Crippen molar-refractivity contribution in [3.63, 3.8) is 0 Å². The van der Waals surface area contributed by atoms with Crippen LogP contribution in [0, 0.1) is 0 Å². The lowest BCUT2D eigenvalue weighted by Gasteiger charge is -2.39. The van der Waals surface area contributed by atoms with E-state index < -0.39 is 6.17 Å². The van der Waals surface area contributed by atoms with Crippen LogP contribution in [0.15, 0.2) is 17.7 Å². The zero-order valence-electron chi connectivity index (χ0n) is 16.5. The fourth-order valence-electron chi connectivity index (χ4n) is 4.71. The van der Waals surface area contributed by atoms with Crippen LogP contribution in [0.1, 0.15) is 44.1 Å².